The number of para-hydroxylation sites is 2. The normalized spacial score (nSPS) is 17.5. The van der Waals surface area contributed by atoms with Crippen molar-refractivity contribution in [2.45, 2.75) is 44.7 Å². The number of nitrogens with zero attached hydrogens (tertiary/aromatic N) is 2. The third-order valence-corrected chi connectivity index (χ3v) is 4.83. The molecule has 1 aromatic heterocycles. The van der Waals surface area contributed by atoms with Gasteiger partial charge in [0, 0.05) is 6.04 Å². The smallest absolute Gasteiger partial charge is 0.273 e. The predicted molar refractivity (Wildman–Crippen MR) is 94.0 cm³/mol. The van der Waals surface area contributed by atoms with Gasteiger partial charge in [0.2, 0.25) is 5.89 Å². The summed E-state index contributed by atoms with van der Waals surface area (Å²) in [7, 11) is 0. The minimum Gasteiger partial charge on any atom is -0.482 e. The fourth-order valence-corrected chi connectivity index (χ4v) is 3.46. The second-order valence-electron chi connectivity index (χ2n) is 6.67. The van der Waals surface area contributed by atoms with E-state index in [0.29, 0.717) is 17.3 Å². The van der Waals surface area contributed by atoms with Crippen LogP contribution in [0.25, 0.3) is 0 Å². The molecule has 1 aliphatic carbocycles. The van der Waals surface area contributed by atoms with E-state index in [-0.39, 0.29) is 36.7 Å². The highest BCUT2D eigenvalue weighted by atomic mass is 16.5. The molecule has 4 rings (SSSR count). The summed E-state index contributed by atoms with van der Waals surface area (Å²) in [6.45, 7) is 0.142. The van der Waals surface area contributed by atoms with E-state index in [1.165, 1.54) is 12.7 Å². The third kappa shape index (κ3) is 3.42. The van der Waals surface area contributed by atoms with Crippen LogP contribution in [-0.4, -0.2) is 29.4 Å². The summed E-state index contributed by atoms with van der Waals surface area (Å²) < 4.78 is 10.9. The second kappa shape index (κ2) is 7.19. The minimum atomic E-state index is -0.222. The Hall–Kier alpha value is -2.83. The summed E-state index contributed by atoms with van der Waals surface area (Å²) in [6.07, 6.45) is 6.89. The number of rotatable bonds is 4. The lowest BCUT2D eigenvalue weighted by Gasteiger charge is -2.28. The van der Waals surface area contributed by atoms with Crippen molar-refractivity contribution in [3.05, 3.63) is 42.1 Å². The number of hydrogen-bond donors (Lipinski definition) is 1. The van der Waals surface area contributed by atoms with E-state index in [1.807, 2.05) is 24.3 Å². The molecule has 0 saturated heterocycles. The van der Waals surface area contributed by atoms with Crippen LogP contribution in [0.1, 0.15) is 48.5 Å². The van der Waals surface area contributed by atoms with Crippen molar-refractivity contribution in [3.8, 4) is 5.75 Å². The van der Waals surface area contributed by atoms with Gasteiger partial charge >= 0.3 is 0 Å². The van der Waals surface area contributed by atoms with E-state index < -0.39 is 0 Å². The summed E-state index contributed by atoms with van der Waals surface area (Å²) in [5.74, 6) is 0.577. The molecule has 0 atom stereocenters. The van der Waals surface area contributed by atoms with Gasteiger partial charge in [-0.15, -0.1) is 0 Å². The van der Waals surface area contributed by atoms with Gasteiger partial charge in [-0.05, 0) is 25.0 Å². The van der Waals surface area contributed by atoms with Crippen LogP contribution >= 0.6 is 0 Å². The number of carbonyl (C=O) groups excluding carboxylic acids is 2. The number of carbonyl (C=O) groups is 2. The summed E-state index contributed by atoms with van der Waals surface area (Å²) in [6, 6.07) is 7.53. The number of oxazole rings is 1. The van der Waals surface area contributed by atoms with Crippen molar-refractivity contribution in [2.75, 3.05) is 11.5 Å². The molecule has 0 unspecified atom stereocenters. The first-order valence-corrected chi connectivity index (χ1v) is 8.98. The van der Waals surface area contributed by atoms with E-state index in [4.69, 9.17) is 9.15 Å². The van der Waals surface area contributed by atoms with Crippen molar-refractivity contribution in [2.24, 2.45) is 0 Å². The van der Waals surface area contributed by atoms with E-state index in [2.05, 4.69) is 10.3 Å². The van der Waals surface area contributed by atoms with Crippen molar-refractivity contribution in [1.29, 1.82) is 0 Å². The first-order chi connectivity index (χ1) is 12.7. The van der Waals surface area contributed by atoms with Crippen molar-refractivity contribution in [1.82, 2.24) is 10.3 Å². The maximum Gasteiger partial charge on any atom is 0.273 e. The van der Waals surface area contributed by atoms with Crippen LogP contribution in [0.3, 0.4) is 0 Å². The lowest BCUT2D eigenvalue weighted by Crippen LogP contribution is -2.38. The highest BCUT2D eigenvalue weighted by Gasteiger charge is 2.27. The fraction of sp³-hybridized carbons (Fsp3) is 0.421. The summed E-state index contributed by atoms with van der Waals surface area (Å²) in [5, 5.41) is 3.01. The van der Waals surface area contributed by atoms with Crippen LogP contribution in [0.15, 0.2) is 34.9 Å². The highest BCUT2D eigenvalue weighted by molar-refractivity contribution is 5.97. The number of nitrogens with one attached hydrogen (secondary N) is 1. The topological polar surface area (TPSA) is 84.7 Å². The second-order valence-corrected chi connectivity index (χ2v) is 6.67. The molecule has 0 radical (unpaired) electrons. The van der Waals surface area contributed by atoms with E-state index >= 15 is 0 Å². The average molecular weight is 355 g/mol. The quantitative estimate of drug-likeness (QED) is 0.911. The van der Waals surface area contributed by atoms with Gasteiger partial charge in [-0.25, -0.2) is 4.98 Å². The highest BCUT2D eigenvalue weighted by Crippen LogP contribution is 2.32. The Morgan fingerprint density at radius 3 is 2.88 bits per heavy atom. The minimum absolute atomic E-state index is 0.0211. The molecule has 1 aromatic carbocycles. The molecule has 2 aromatic rings. The first-order valence-electron chi connectivity index (χ1n) is 8.98. The van der Waals surface area contributed by atoms with Crippen molar-refractivity contribution in [3.63, 3.8) is 0 Å². The number of aromatic nitrogens is 1. The molecule has 0 spiro atoms. The van der Waals surface area contributed by atoms with Gasteiger partial charge < -0.3 is 14.5 Å². The molecule has 1 N–H and O–H groups in total. The van der Waals surface area contributed by atoms with Crippen molar-refractivity contribution < 1.29 is 18.7 Å². The number of benzene rings is 1. The summed E-state index contributed by atoms with van der Waals surface area (Å²) in [4.78, 5) is 30.4. The lowest BCUT2D eigenvalue weighted by atomic mass is 9.95. The van der Waals surface area contributed by atoms with Gasteiger partial charge in [-0.3, -0.25) is 14.5 Å². The van der Waals surface area contributed by atoms with E-state index in [0.717, 1.165) is 25.7 Å². The summed E-state index contributed by atoms with van der Waals surface area (Å²) >= 11 is 0. The molecule has 136 valence electrons. The van der Waals surface area contributed by atoms with Gasteiger partial charge in [0.15, 0.2) is 12.3 Å². The zero-order chi connectivity index (χ0) is 17.9. The van der Waals surface area contributed by atoms with Crippen LogP contribution in [0, 0.1) is 0 Å². The van der Waals surface area contributed by atoms with E-state index in [9.17, 15) is 9.59 Å². The molecule has 1 saturated carbocycles. The van der Waals surface area contributed by atoms with Gasteiger partial charge in [-0.2, -0.15) is 0 Å². The third-order valence-electron chi connectivity index (χ3n) is 4.83. The van der Waals surface area contributed by atoms with Crippen LogP contribution in [0.4, 0.5) is 5.69 Å². The van der Waals surface area contributed by atoms with Gasteiger partial charge in [0.05, 0.1) is 5.69 Å². The van der Waals surface area contributed by atoms with E-state index in [1.54, 1.807) is 4.90 Å². The molecule has 1 fully saturated rings. The molecule has 0 bridgehead atoms. The van der Waals surface area contributed by atoms with Crippen LogP contribution in [-0.2, 0) is 11.3 Å². The van der Waals surface area contributed by atoms with Crippen LogP contribution < -0.4 is 15.0 Å². The molecule has 2 amide bonds. The Labute approximate surface area is 151 Å². The monoisotopic (exact) mass is 355 g/mol. The molecular formula is C19H21N3O4. The molecule has 2 aliphatic rings. The standard InChI is InChI=1S/C19H21N3O4/c23-18-12-25-16-9-5-4-8-15(16)22(18)10-17-21-14(11-26-17)19(24)20-13-6-2-1-3-7-13/h4-5,8-9,11,13H,1-3,6-7,10,12H2,(H,20,24). The Bertz CT molecular complexity index is 811. The molecule has 2 heterocycles. The Kier molecular flexibility index (Phi) is 4.60. The predicted octanol–water partition coefficient (Wildman–Crippen LogP) is 2.66. The van der Waals surface area contributed by atoms with Crippen molar-refractivity contribution >= 4 is 17.5 Å². The number of amides is 2. The maximum atomic E-state index is 12.3. The number of hydrogen-bond acceptors (Lipinski definition) is 5. The Morgan fingerprint density at radius 1 is 1.23 bits per heavy atom. The van der Waals surface area contributed by atoms with Gasteiger partial charge in [-0.1, -0.05) is 31.4 Å². The number of fused-ring (bicyclic) bond motifs is 1. The molecule has 1 aliphatic heterocycles. The SMILES string of the molecule is O=C(NC1CCCCC1)c1coc(CN2C(=O)COc3ccccc32)n1. The number of ether oxygens (including phenoxy) is 1. The van der Waals surface area contributed by atoms with Crippen LogP contribution in [0.5, 0.6) is 5.75 Å². The largest absolute Gasteiger partial charge is 0.482 e. The molecule has 7 heteroatoms. The summed E-state index contributed by atoms with van der Waals surface area (Å²) in [5.41, 5.74) is 0.926. The molecular weight excluding hydrogens is 334 g/mol. The molecule has 7 nitrogen and oxygen atoms in total. The Morgan fingerprint density at radius 2 is 2.04 bits per heavy atom. The number of anilines is 1. The lowest BCUT2D eigenvalue weighted by molar-refractivity contribution is -0.121. The van der Waals surface area contributed by atoms with Gasteiger partial charge in [0.1, 0.15) is 18.6 Å². The fourth-order valence-electron chi connectivity index (χ4n) is 3.46. The van der Waals surface area contributed by atoms with Crippen LogP contribution in [0.2, 0.25) is 0 Å². The molecule has 26 heavy (non-hydrogen) atoms. The zero-order valence-electron chi connectivity index (χ0n) is 14.4. The Balaban J connectivity index is 1.45. The average Bonchev–Trinajstić information content (AvgIpc) is 3.14. The first kappa shape index (κ1) is 16.6. The maximum absolute atomic E-state index is 12.3. The van der Waals surface area contributed by atoms with Gasteiger partial charge in [0.25, 0.3) is 11.8 Å². The zero-order valence-corrected chi connectivity index (χ0v) is 14.4.